The highest BCUT2D eigenvalue weighted by molar-refractivity contribution is 5.71. The van der Waals surface area contributed by atoms with Gasteiger partial charge in [0.05, 0.1) is 17.1 Å². The summed E-state index contributed by atoms with van der Waals surface area (Å²) in [6.07, 6.45) is 0. The number of aryl methyl sites for hydroxylation is 1. The fraction of sp³-hybridized carbons (Fsp3) is 0.0526. The first-order chi connectivity index (χ1) is 11.2. The van der Waals surface area contributed by atoms with E-state index >= 15 is 0 Å². The second-order valence-corrected chi connectivity index (χ2v) is 5.50. The standard InChI is InChI=1S/C19H15N3O/c1-13-11-19-20-17(14-5-3-2-4-6-14)12-18(22(19)21-13)15-7-9-16(23)10-8-15/h2-12,23H,1H3. The summed E-state index contributed by atoms with van der Waals surface area (Å²) in [6, 6.07) is 21.2. The van der Waals surface area contributed by atoms with E-state index in [-0.39, 0.29) is 5.75 Å². The third-order valence-corrected chi connectivity index (χ3v) is 3.78. The van der Waals surface area contributed by atoms with E-state index in [1.54, 1.807) is 12.1 Å². The van der Waals surface area contributed by atoms with Gasteiger partial charge in [-0.2, -0.15) is 5.10 Å². The van der Waals surface area contributed by atoms with E-state index in [4.69, 9.17) is 4.98 Å². The van der Waals surface area contributed by atoms with Crippen molar-refractivity contribution in [2.75, 3.05) is 0 Å². The van der Waals surface area contributed by atoms with Crippen LogP contribution in [-0.2, 0) is 0 Å². The van der Waals surface area contributed by atoms with E-state index < -0.39 is 0 Å². The maximum Gasteiger partial charge on any atom is 0.156 e. The zero-order valence-electron chi connectivity index (χ0n) is 12.6. The van der Waals surface area contributed by atoms with Gasteiger partial charge in [0.2, 0.25) is 0 Å². The lowest BCUT2D eigenvalue weighted by Crippen LogP contribution is -1.98. The Bertz CT molecular complexity index is 973. The molecule has 4 aromatic rings. The summed E-state index contributed by atoms with van der Waals surface area (Å²) in [6.45, 7) is 1.96. The Morgan fingerprint density at radius 1 is 0.870 bits per heavy atom. The van der Waals surface area contributed by atoms with E-state index in [1.807, 2.05) is 66.0 Å². The van der Waals surface area contributed by atoms with E-state index in [0.29, 0.717) is 0 Å². The lowest BCUT2D eigenvalue weighted by Gasteiger charge is -2.09. The van der Waals surface area contributed by atoms with Crippen LogP contribution in [0.2, 0.25) is 0 Å². The first-order valence-electron chi connectivity index (χ1n) is 7.43. The minimum absolute atomic E-state index is 0.249. The van der Waals surface area contributed by atoms with Crippen molar-refractivity contribution in [3.8, 4) is 28.3 Å². The number of aromatic nitrogens is 3. The van der Waals surface area contributed by atoms with Gasteiger partial charge < -0.3 is 5.11 Å². The zero-order valence-corrected chi connectivity index (χ0v) is 12.6. The van der Waals surface area contributed by atoms with Crippen LogP contribution >= 0.6 is 0 Å². The van der Waals surface area contributed by atoms with Crippen LogP contribution in [0.15, 0.2) is 66.7 Å². The maximum atomic E-state index is 9.52. The van der Waals surface area contributed by atoms with Crippen molar-refractivity contribution in [1.29, 1.82) is 0 Å². The molecule has 0 atom stereocenters. The lowest BCUT2D eigenvalue weighted by molar-refractivity contribution is 0.475. The molecular weight excluding hydrogens is 286 g/mol. The predicted molar refractivity (Wildman–Crippen MR) is 90.3 cm³/mol. The van der Waals surface area contributed by atoms with Crippen LogP contribution in [-0.4, -0.2) is 19.7 Å². The maximum absolute atomic E-state index is 9.52. The first kappa shape index (κ1) is 13.5. The van der Waals surface area contributed by atoms with Crippen molar-refractivity contribution in [2.24, 2.45) is 0 Å². The van der Waals surface area contributed by atoms with E-state index in [0.717, 1.165) is 33.9 Å². The molecule has 4 nitrogen and oxygen atoms in total. The number of hydrogen-bond acceptors (Lipinski definition) is 3. The molecule has 0 aliphatic rings. The molecule has 0 saturated carbocycles. The predicted octanol–water partition coefficient (Wildman–Crippen LogP) is 4.08. The van der Waals surface area contributed by atoms with E-state index in [1.165, 1.54) is 0 Å². The summed E-state index contributed by atoms with van der Waals surface area (Å²) >= 11 is 0. The molecule has 0 amide bonds. The minimum Gasteiger partial charge on any atom is -0.508 e. The van der Waals surface area contributed by atoms with Crippen LogP contribution in [0.25, 0.3) is 28.2 Å². The highest BCUT2D eigenvalue weighted by Crippen LogP contribution is 2.27. The van der Waals surface area contributed by atoms with Gasteiger partial charge in [0.15, 0.2) is 5.65 Å². The SMILES string of the molecule is Cc1cc2nc(-c3ccccc3)cc(-c3ccc(O)cc3)n2n1. The van der Waals surface area contributed by atoms with Crippen molar-refractivity contribution in [1.82, 2.24) is 14.6 Å². The summed E-state index contributed by atoms with van der Waals surface area (Å²) in [4.78, 5) is 4.72. The number of phenols is 1. The molecule has 0 saturated heterocycles. The topological polar surface area (TPSA) is 50.4 Å². The molecule has 0 spiro atoms. The molecule has 2 heterocycles. The molecule has 2 aromatic carbocycles. The number of hydrogen-bond donors (Lipinski definition) is 1. The Morgan fingerprint density at radius 3 is 2.35 bits per heavy atom. The van der Waals surface area contributed by atoms with Crippen LogP contribution in [0.3, 0.4) is 0 Å². The number of benzene rings is 2. The third-order valence-electron chi connectivity index (χ3n) is 3.78. The number of aromatic hydroxyl groups is 1. The van der Waals surface area contributed by atoms with Crippen molar-refractivity contribution in [3.63, 3.8) is 0 Å². The van der Waals surface area contributed by atoms with Crippen LogP contribution in [0.1, 0.15) is 5.69 Å². The Kier molecular flexibility index (Phi) is 3.08. The average molecular weight is 301 g/mol. The van der Waals surface area contributed by atoms with Crippen molar-refractivity contribution in [3.05, 3.63) is 72.4 Å². The summed E-state index contributed by atoms with van der Waals surface area (Å²) in [5.74, 6) is 0.249. The smallest absolute Gasteiger partial charge is 0.156 e. The van der Waals surface area contributed by atoms with Crippen molar-refractivity contribution in [2.45, 2.75) is 6.92 Å². The Morgan fingerprint density at radius 2 is 1.61 bits per heavy atom. The molecule has 4 heteroatoms. The van der Waals surface area contributed by atoms with Crippen LogP contribution < -0.4 is 0 Å². The lowest BCUT2D eigenvalue weighted by atomic mass is 10.1. The highest BCUT2D eigenvalue weighted by atomic mass is 16.3. The normalized spacial score (nSPS) is 11.0. The van der Waals surface area contributed by atoms with Gasteiger partial charge in [-0.3, -0.25) is 0 Å². The van der Waals surface area contributed by atoms with Gasteiger partial charge in [-0.1, -0.05) is 30.3 Å². The summed E-state index contributed by atoms with van der Waals surface area (Å²) in [5, 5.41) is 14.1. The highest BCUT2D eigenvalue weighted by Gasteiger charge is 2.11. The molecule has 23 heavy (non-hydrogen) atoms. The monoisotopic (exact) mass is 301 g/mol. The Balaban J connectivity index is 1.99. The quantitative estimate of drug-likeness (QED) is 0.607. The molecule has 0 fully saturated rings. The first-order valence-corrected chi connectivity index (χ1v) is 7.43. The summed E-state index contributed by atoms with van der Waals surface area (Å²) in [5.41, 5.74) is 5.63. The van der Waals surface area contributed by atoms with E-state index in [2.05, 4.69) is 5.10 Å². The van der Waals surface area contributed by atoms with Crippen LogP contribution in [0.4, 0.5) is 0 Å². The molecule has 0 radical (unpaired) electrons. The molecule has 112 valence electrons. The zero-order chi connectivity index (χ0) is 15.8. The number of phenolic OH excluding ortho intramolecular Hbond substituents is 1. The second-order valence-electron chi connectivity index (χ2n) is 5.50. The minimum atomic E-state index is 0.249. The van der Waals surface area contributed by atoms with Gasteiger partial charge in [0, 0.05) is 17.2 Å². The van der Waals surface area contributed by atoms with Gasteiger partial charge in [0.1, 0.15) is 5.75 Å². The molecule has 1 N–H and O–H groups in total. The molecule has 2 aromatic heterocycles. The summed E-state index contributed by atoms with van der Waals surface area (Å²) < 4.78 is 1.84. The number of rotatable bonds is 2. The van der Waals surface area contributed by atoms with Crippen molar-refractivity contribution >= 4 is 5.65 Å². The van der Waals surface area contributed by atoms with Gasteiger partial charge >= 0.3 is 0 Å². The van der Waals surface area contributed by atoms with Gasteiger partial charge in [-0.25, -0.2) is 9.50 Å². The number of fused-ring (bicyclic) bond motifs is 1. The Hall–Kier alpha value is -3.14. The third kappa shape index (κ3) is 2.44. The molecule has 0 bridgehead atoms. The van der Waals surface area contributed by atoms with Crippen molar-refractivity contribution < 1.29 is 5.11 Å². The largest absolute Gasteiger partial charge is 0.508 e. The van der Waals surface area contributed by atoms with Gasteiger partial charge in [0.25, 0.3) is 0 Å². The second kappa shape index (κ2) is 5.25. The fourth-order valence-electron chi connectivity index (χ4n) is 2.68. The molecule has 0 aliphatic heterocycles. The van der Waals surface area contributed by atoms with Crippen LogP contribution in [0, 0.1) is 6.92 Å². The van der Waals surface area contributed by atoms with Gasteiger partial charge in [-0.15, -0.1) is 0 Å². The van der Waals surface area contributed by atoms with E-state index in [9.17, 15) is 5.11 Å². The fourth-order valence-corrected chi connectivity index (χ4v) is 2.68. The number of nitrogens with zero attached hydrogens (tertiary/aromatic N) is 3. The molecular formula is C19H15N3O. The molecule has 0 aliphatic carbocycles. The Labute approximate surface area is 133 Å². The van der Waals surface area contributed by atoms with Gasteiger partial charge in [-0.05, 0) is 37.3 Å². The summed E-state index contributed by atoms with van der Waals surface area (Å²) in [7, 11) is 0. The molecule has 4 rings (SSSR count). The van der Waals surface area contributed by atoms with Crippen LogP contribution in [0.5, 0.6) is 5.75 Å². The average Bonchev–Trinajstić information content (AvgIpc) is 2.96. The molecule has 0 unspecified atom stereocenters.